The first-order chi connectivity index (χ1) is 8.66. The van der Waals surface area contributed by atoms with E-state index in [1.165, 1.54) is 12.8 Å². The Morgan fingerprint density at radius 3 is 3.00 bits per heavy atom. The van der Waals surface area contributed by atoms with E-state index in [0.29, 0.717) is 6.04 Å². The van der Waals surface area contributed by atoms with Gasteiger partial charge in [-0.1, -0.05) is 17.7 Å². The third-order valence-corrected chi connectivity index (χ3v) is 3.58. The molecule has 3 nitrogen and oxygen atoms in total. The molecule has 3 heteroatoms. The predicted molar refractivity (Wildman–Crippen MR) is 73.9 cm³/mol. The lowest BCUT2D eigenvalue weighted by molar-refractivity contribution is 0.0951. The predicted octanol–water partition coefficient (Wildman–Crippen LogP) is 2.18. The van der Waals surface area contributed by atoms with Gasteiger partial charge in [-0.15, -0.1) is 0 Å². The summed E-state index contributed by atoms with van der Waals surface area (Å²) in [5, 5.41) is 6.45. The maximum atomic E-state index is 12.1. The summed E-state index contributed by atoms with van der Waals surface area (Å²) in [6.45, 7) is 5.87. The molecule has 1 amide bonds. The van der Waals surface area contributed by atoms with E-state index in [1.807, 2.05) is 32.0 Å². The zero-order valence-electron chi connectivity index (χ0n) is 11.3. The van der Waals surface area contributed by atoms with Crippen LogP contribution in [0.1, 0.15) is 40.7 Å². The number of amides is 1. The summed E-state index contributed by atoms with van der Waals surface area (Å²) in [5.74, 6) is 0.0502. The van der Waals surface area contributed by atoms with Gasteiger partial charge in [0.2, 0.25) is 0 Å². The Bertz CT molecular complexity index is 423. The summed E-state index contributed by atoms with van der Waals surface area (Å²) in [5.41, 5.74) is 2.97. The smallest absolute Gasteiger partial charge is 0.251 e. The minimum atomic E-state index is 0.0502. The molecule has 1 saturated heterocycles. The van der Waals surface area contributed by atoms with Crippen LogP contribution in [0.25, 0.3) is 0 Å². The minimum absolute atomic E-state index is 0.0502. The van der Waals surface area contributed by atoms with Gasteiger partial charge in [-0.25, -0.2) is 0 Å². The van der Waals surface area contributed by atoms with Gasteiger partial charge in [-0.05, 0) is 51.3 Å². The fourth-order valence-electron chi connectivity index (χ4n) is 2.44. The molecule has 1 heterocycles. The highest BCUT2D eigenvalue weighted by atomic mass is 16.1. The molecular formula is C15H22N2O. The third-order valence-electron chi connectivity index (χ3n) is 3.58. The van der Waals surface area contributed by atoms with Crippen LogP contribution in [-0.4, -0.2) is 25.0 Å². The van der Waals surface area contributed by atoms with Crippen molar-refractivity contribution in [3.05, 3.63) is 34.9 Å². The Morgan fingerprint density at radius 1 is 1.44 bits per heavy atom. The van der Waals surface area contributed by atoms with Crippen LogP contribution in [0.5, 0.6) is 0 Å². The first-order valence-corrected chi connectivity index (χ1v) is 6.75. The number of carbonyl (C=O) groups is 1. The molecule has 0 bridgehead atoms. The van der Waals surface area contributed by atoms with Crippen molar-refractivity contribution in [3.8, 4) is 0 Å². The van der Waals surface area contributed by atoms with Gasteiger partial charge in [0, 0.05) is 18.2 Å². The van der Waals surface area contributed by atoms with Gasteiger partial charge in [0.1, 0.15) is 0 Å². The monoisotopic (exact) mass is 246 g/mol. The molecule has 98 valence electrons. The average Bonchev–Trinajstić information content (AvgIpc) is 2.85. The van der Waals surface area contributed by atoms with Gasteiger partial charge in [-0.3, -0.25) is 4.79 Å². The first-order valence-electron chi connectivity index (χ1n) is 6.75. The summed E-state index contributed by atoms with van der Waals surface area (Å²) in [6, 6.07) is 6.58. The van der Waals surface area contributed by atoms with Crippen LogP contribution >= 0.6 is 0 Å². The van der Waals surface area contributed by atoms with Gasteiger partial charge in [0.05, 0.1) is 0 Å². The molecule has 1 aliphatic rings. The zero-order chi connectivity index (χ0) is 13.0. The number of hydrogen-bond donors (Lipinski definition) is 2. The summed E-state index contributed by atoms with van der Waals surface area (Å²) in [7, 11) is 0. The van der Waals surface area contributed by atoms with Crippen molar-refractivity contribution in [1.82, 2.24) is 10.6 Å². The number of rotatable bonds is 4. The normalized spacial score (nSPS) is 18.9. The molecule has 0 radical (unpaired) electrons. The highest BCUT2D eigenvalue weighted by Crippen LogP contribution is 2.11. The largest absolute Gasteiger partial charge is 0.352 e. The highest BCUT2D eigenvalue weighted by Gasteiger charge is 2.14. The molecule has 0 unspecified atom stereocenters. The first kappa shape index (κ1) is 13.1. The van der Waals surface area contributed by atoms with E-state index in [-0.39, 0.29) is 5.91 Å². The molecule has 0 aliphatic carbocycles. The van der Waals surface area contributed by atoms with Crippen molar-refractivity contribution in [1.29, 1.82) is 0 Å². The second-order valence-electron chi connectivity index (χ2n) is 5.16. The SMILES string of the molecule is Cc1ccc(C)c(C(=O)NCC[C@H]2CCCN2)c1. The molecule has 1 fully saturated rings. The highest BCUT2D eigenvalue weighted by molar-refractivity contribution is 5.95. The molecule has 0 spiro atoms. The quantitative estimate of drug-likeness (QED) is 0.855. The van der Waals surface area contributed by atoms with Crippen molar-refractivity contribution < 1.29 is 4.79 Å². The maximum absolute atomic E-state index is 12.1. The number of nitrogens with one attached hydrogen (secondary N) is 2. The molecule has 1 aromatic rings. The van der Waals surface area contributed by atoms with E-state index in [9.17, 15) is 4.79 Å². The van der Waals surface area contributed by atoms with Crippen LogP contribution in [0.4, 0.5) is 0 Å². The molecule has 2 rings (SSSR count). The maximum Gasteiger partial charge on any atom is 0.251 e. The van der Waals surface area contributed by atoms with Crippen LogP contribution in [0.3, 0.4) is 0 Å². The lowest BCUT2D eigenvalue weighted by Gasteiger charge is -2.12. The van der Waals surface area contributed by atoms with Gasteiger partial charge >= 0.3 is 0 Å². The van der Waals surface area contributed by atoms with Crippen LogP contribution in [0.2, 0.25) is 0 Å². The van der Waals surface area contributed by atoms with Crippen molar-refractivity contribution in [3.63, 3.8) is 0 Å². The Labute approximate surface area is 109 Å². The molecule has 0 aromatic heterocycles. The lowest BCUT2D eigenvalue weighted by Crippen LogP contribution is -2.30. The topological polar surface area (TPSA) is 41.1 Å². The van der Waals surface area contributed by atoms with Crippen molar-refractivity contribution in [2.45, 2.75) is 39.2 Å². The number of hydrogen-bond acceptors (Lipinski definition) is 2. The Hall–Kier alpha value is -1.35. The molecule has 1 aromatic carbocycles. The van der Waals surface area contributed by atoms with Gasteiger partial charge in [-0.2, -0.15) is 0 Å². The Balaban J connectivity index is 1.85. The standard InChI is InChI=1S/C15H22N2O/c1-11-5-6-12(2)14(10-11)15(18)17-9-7-13-4-3-8-16-13/h5-6,10,13,16H,3-4,7-9H2,1-2H3,(H,17,18)/t13-/m1/s1. The minimum Gasteiger partial charge on any atom is -0.352 e. The van der Waals surface area contributed by atoms with E-state index in [4.69, 9.17) is 0 Å². The fraction of sp³-hybridized carbons (Fsp3) is 0.533. The lowest BCUT2D eigenvalue weighted by atomic mass is 10.0. The second kappa shape index (κ2) is 6.01. The second-order valence-corrected chi connectivity index (χ2v) is 5.16. The van der Waals surface area contributed by atoms with E-state index in [1.54, 1.807) is 0 Å². The summed E-state index contributed by atoms with van der Waals surface area (Å²) < 4.78 is 0. The molecule has 1 aliphatic heterocycles. The van der Waals surface area contributed by atoms with E-state index < -0.39 is 0 Å². The van der Waals surface area contributed by atoms with Crippen LogP contribution in [0.15, 0.2) is 18.2 Å². The third kappa shape index (κ3) is 3.33. The van der Waals surface area contributed by atoms with Crippen molar-refractivity contribution in [2.75, 3.05) is 13.1 Å². The van der Waals surface area contributed by atoms with Gasteiger partial charge in [0.15, 0.2) is 0 Å². The number of aryl methyl sites for hydroxylation is 2. The fourth-order valence-corrected chi connectivity index (χ4v) is 2.44. The summed E-state index contributed by atoms with van der Waals surface area (Å²) in [6.07, 6.45) is 3.52. The van der Waals surface area contributed by atoms with E-state index in [2.05, 4.69) is 10.6 Å². The van der Waals surface area contributed by atoms with Crippen LogP contribution in [-0.2, 0) is 0 Å². The summed E-state index contributed by atoms with van der Waals surface area (Å²) >= 11 is 0. The molecule has 1 atom stereocenters. The molecule has 0 saturated carbocycles. The van der Waals surface area contributed by atoms with Crippen LogP contribution in [0, 0.1) is 13.8 Å². The van der Waals surface area contributed by atoms with Crippen molar-refractivity contribution >= 4 is 5.91 Å². The van der Waals surface area contributed by atoms with Gasteiger partial charge in [0.25, 0.3) is 5.91 Å². The summed E-state index contributed by atoms with van der Waals surface area (Å²) in [4.78, 5) is 12.1. The van der Waals surface area contributed by atoms with Crippen molar-refractivity contribution in [2.24, 2.45) is 0 Å². The number of benzene rings is 1. The Kier molecular flexibility index (Phi) is 4.37. The number of carbonyl (C=O) groups excluding carboxylic acids is 1. The van der Waals surface area contributed by atoms with Gasteiger partial charge < -0.3 is 10.6 Å². The van der Waals surface area contributed by atoms with Crippen LogP contribution < -0.4 is 10.6 Å². The Morgan fingerprint density at radius 2 is 2.28 bits per heavy atom. The average molecular weight is 246 g/mol. The van der Waals surface area contributed by atoms with E-state index in [0.717, 1.165) is 36.2 Å². The molecule has 18 heavy (non-hydrogen) atoms. The zero-order valence-corrected chi connectivity index (χ0v) is 11.3. The molecular weight excluding hydrogens is 224 g/mol. The molecule has 2 N–H and O–H groups in total. The van der Waals surface area contributed by atoms with E-state index >= 15 is 0 Å².